The van der Waals surface area contributed by atoms with E-state index in [0.717, 1.165) is 5.69 Å². The van der Waals surface area contributed by atoms with Gasteiger partial charge in [-0.15, -0.1) is 0 Å². The molecular weight excluding hydrogens is 384 g/mol. The molecule has 2 aromatic carbocycles. The highest BCUT2D eigenvalue weighted by molar-refractivity contribution is 5.82. The molecule has 154 valence electrons. The normalized spacial score (nSPS) is 11.0. The maximum atomic E-state index is 12.0. The number of non-ortho nitro benzene ring substituents is 1. The van der Waals surface area contributed by atoms with Gasteiger partial charge in [0, 0.05) is 24.0 Å². The summed E-state index contributed by atoms with van der Waals surface area (Å²) in [7, 11) is 0. The van der Waals surface area contributed by atoms with Crippen LogP contribution in [0.2, 0.25) is 0 Å². The molecule has 0 unspecified atom stereocenters. The van der Waals surface area contributed by atoms with Gasteiger partial charge in [-0.25, -0.2) is 5.43 Å². The molecule has 0 bridgehead atoms. The molecule has 3 rings (SSSR count). The number of nitrogens with one attached hydrogen (secondary N) is 1. The molecule has 1 N–H and O–H groups in total. The first-order chi connectivity index (χ1) is 14.4. The van der Waals surface area contributed by atoms with E-state index in [9.17, 15) is 14.9 Å². The molecule has 8 heteroatoms. The lowest BCUT2D eigenvalue weighted by atomic mass is 10.0. The van der Waals surface area contributed by atoms with Gasteiger partial charge in [0.2, 0.25) is 0 Å². The molecular formula is C22H22N4O4. The van der Waals surface area contributed by atoms with Crippen LogP contribution in [0.25, 0.3) is 5.69 Å². The summed E-state index contributed by atoms with van der Waals surface area (Å²) in [6.07, 6.45) is 3.30. The van der Waals surface area contributed by atoms with Crippen LogP contribution in [0.15, 0.2) is 72.0 Å². The zero-order valence-corrected chi connectivity index (χ0v) is 16.7. The fourth-order valence-corrected chi connectivity index (χ4v) is 2.77. The van der Waals surface area contributed by atoms with Crippen molar-refractivity contribution in [2.45, 2.75) is 19.8 Å². The number of benzene rings is 2. The van der Waals surface area contributed by atoms with Crippen molar-refractivity contribution < 1.29 is 14.5 Å². The Labute approximate surface area is 173 Å². The van der Waals surface area contributed by atoms with E-state index in [1.807, 2.05) is 36.4 Å². The number of nitrogens with zero attached hydrogens (tertiary/aromatic N) is 3. The van der Waals surface area contributed by atoms with Gasteiger partial charge in [0.05, 0.1) is 16.8 Å². The Kier molecular flexibility index (Phi) is 6.59. The van der Waals surface area contributed by atoms with Crippen LogP contribution in [0.3, 0.4) is 0 Å². The van der Waals surface area contributed by atoms with E-state index in [-0.39, 0.29) is 18.2 Å². The summed E-state index contributed by atoms with van der Waals surface area (Å²) >= 11 is 0. The highest BCUT2D eigenvalue weighted by atomic mass is 16.6. The third-order valence-electron chi connectivity index (χ3n) is 4.42. The summed E-state index contributed by atoms with van der Waals surface area (Å²) in [5.41, 5.74) is 5.09. The first kappa shape index (κ1) is 20.8. The van der Waals surface area contributed by atoms with Gasteiger partial charge in [-0.3, -0.25) is 14.9 Å². The van der Waals surface area contributed by atoms with Gasteiger partial charge >= 0.3 is 0 Å². The molecule has 3 aromatic rings. The minimum Gasteiger partial charge on any atom is -0.484 e. The Balaban J connectivity index is 1.55. The summed E-state index contributed by atoms with van der Waals surface area (Å²) in [6.45, 7) is 4.07. The molecule has 0 fully saturated rings. The van der Waals surface area contributed by atoms with Gasteiger partial charge < -0.3 is 9.30 Å². The molecule has 0 aliphatic rings. The smallest absolute Gasteiger partial charge is 0.277 e. The molecule has 0 aliphatic carbocycles. The minimum atomic E-state index is -0.446. The van der Waals surface area contributed by atoms with E-state index in [1.165, 1.54) is 23.9 Å². The van der Waals surface area contributed by atoms with E-state index in [0.29, 0.717) is 17.4 Å². The summed E-state index contributed by atoms with van der Waals surface area (Å²) < 4.78 is 7.27. The molecule has 0 saturated heterocycles. The van der Waals surface area contributed by atoms with Crippen LogP contribution in [0.5, 0.6) is 5.75 Å². The average Bonchev–Trinajstić information content (AvgIpc) is 3.21. The van der Waals surface area contributed by atoms with Crippen molar-refractivity contribution in [2.75, 3.05) is 6.61 Å². The molecule has 30 heavy (non-hydrogen) atoms. The number of amides is 1. The Morgan fingerprint density at radius 2 is 1.87 bits per heavy atom. The van der Waals surface area contributed by atoms with Crippen molar-refractivity contribution in [1.29, 1.82) is 0 Å². The van der Waals surface area contributed by atoms with E-state index in [2.05, 4.69) is 24.4 Å². The molecule has 8 nitrogen and oxygen atoms in total. The van der Waals surface area contributed by atoms with Crippen molar-refractivity contribution in [3.8, 4) is 11.4 Å². The molecule has 1 aromatic heterocycles. The Hall–Kier alpha value is -3.94. The molecule has 1 heterocycles. The quantitative estimate of drug-likeness (QED) is 0.347. The van der Waals surface area contributed by atoms with Gasteiger partial charge in [-0.1, -0.05) is 26.0 Å². The lowest BCUT2D eigenvalue weighted by molar-refractivity contribution is -0.384. The average molecular weight is 406 g/mol. The van der Waals surface area contributed by atoms with Crippen molar-refractivity contribution in [3.63, 3.8) is 0 Å². The topological polar surface area (TPSA) is 98.8 Å². The van der Waals surface area contributed by atoms with Crippen molar-refractivity contribution >= 4 is 17.8 Å². The van der Waals surface area contributed by atoms with E-state index in [4.69, 9.17) is 4.74 Å². The second-order valence-corrected chi connectivity index (χ2v) is 6.88. The number of ether oxygens (including phenoxy) is 1. The van der Waals surface area contributed by atoms with Crippen LogP contribution in [0.1, 0.15) is 31.0 Å². The predicted octanol–water partition coefficient (Wildman–Crippen LogP) is 4.04. The summed E-state index contributed by atoms with van der Waals surface area (Å²) in [4.78, 5) is 22.3. The zero-order valence-electron chi connectivity index (χ0n) is 16.7. The molecule has 0 radical (unpaired) electrons. The van der Waals surface area contributed by atoms with Crippen LogP contribution >= 0.6 is 0 Å². The second-order valence-electron chi connectivity index (χ2n) is 6.88. The summed E-state index contributed by atoms with van der Waals surface area (Å²) in [5, 5.41) is 14.7. The van der Waals surface area contributed by atoms with Gasteiger partial charge in [-0.05, 0) is 47.9 Å². The number of nitro groups is 1. The third-order valence-corrected chi connectivity index (χ3v) is 4.42. The van der Waals surface area contributed by atoms with Crippen LogP contribution in [-0.4, -0.2) is 28.2 Å². The largest absolute Gasteiger partial charge is 0.484 e. The molecule has 0 atom stereocenters. The Morgan fingerprint density at radius 1 is 1.17 bits per heavy atom. The third kappa shape index (κ3) is 5.32. The van der Waals surface area contributed by atoms with E-state index in [1.54, 1.807) is 22.9 Å². The minimum absolute atomic E-state index is 0.0206. The second kappa shape index (κ2) is 9.51. The maximum absolute atomic E-state index is 12.0. The molecule has 0 saturated carbocycles. The number of carbonyl (C=O) groups is 1. The zero-order chi connectivity index (χ0) is 21.5. The summed E-state index contributed by atoms with van der Waals surface area (Å²) in [6, 6.07) is 17.4. The van der Waals surface area contributed by atoms with Crippen LogP contribution < -0.4 is 10.2 Å². The van der Waals surface area contributed by atoms with Crippen molar-refractivity contribution in [1.82, 2.24) is 9.99 Å². The van der Waals surface area contributed by atoms with Crippen LogP contribution in [0.4, 0.5) is 5.69 Å². The molecule has 1 amide bonds. The SMILES string of the molecule is CC(C)c1ccc(OCC(=O)NN=Cc2cccn2-c2ccc([N+](=O)[O-])cc2)cc1. The Morgan fingerprint density at radius 3 is 2.50 bits per heavy atom. The lowest BCUT2D eigenvalue weighted by Gasteiger charge is -2.08. The van der Waals surface area contributed by atoms with Gasteiger partial charge in [0.1, 0.15) is 5.75 Å². The van der Waals surface area contributed by atoms with E-state index < -0.39 is 4.92 Å². The predicted molar refractivity (Wildman–Crippen MR) is 114 cm³/mol. The highest BCUT2D eigenvalue weighted by Crippen LogP contribution is 2.19. The Bertz CT molecular complexity index is 1040. The van der Waals surface area contributed by atoms with E-state index >= 15 is 0 Å². The summed E-state index contributed by atoms with van der Waals surface area (Å²) in [5.74, 6) is 0.667. The number of hydrogen-bond acceptors (Lipinski definition) is 5. The van der Waals surface area contributed by atoms with Crippen molar-refractivity contribution in [3.05, 3.63) is 88.2 Å². The fourth-order valence-electron chi connectivity index (χ4n) is 2.77. The van der Waals surface area contributed by atoms with Crippen LogP contribution in [0, 0.1) is 10.1 Å². The fraction of sp³-hybridized carbons (Fsp3) is 0.182. The number of carbonyl (C=O) groups excluding carboxylic acids is 1. The number of nitro benzene ring substituents is 1. The van der Waals surface area contributed by atoms with Gasteiger partial charge in [-0.2, -0.15) is 5.10 Å². The molecule has 0 aliphatic heterocycles. The van der Waals surface area contributed by atoms with Gasteiger partial charge in [0.15, 0.2) is 6.61 Å². The number of aromatic nitrogens is 1. The first-order valence-corrected chi connectivity index (χ1v) is 9.41. The van der Waals surface area contributed by atoms with Crippen molar-refractivity contribution in [2.24, 2.45) is 5.10 Å². The van der Waals surface area contributed by atoms with Crippen LogP contribution in [-0.2, 0) is 4.79 Å². The monoisotopic (exact) mass is 406 g/mol. The highest BCUT2D eigenvalue weighted by Gasteiger charge is 2.07. The van der Waals surface area contributed by atoms with Gasteiger partial charge in [0.25, 0.3) is 11.6 Å². The molecule has 0 spiro atoms. The first-order valence-electron chi connectivity index (χ1n) is 9.41. The number of hydrazone groups is 1. The standard InChI is InChI=1S/C22H22N4O4/c1-16(2)17-5-11-21(12-6-17)30-15-22(27)24-23-14-20-4-3-13-25(20)18-7-9-19(10-8-18)26(28)29/h3-14,16H,15H2,1-2H3,(H,24,27). The lowest BCUT2D eigenvalue weighted by Crippen LogP contribution is -2.24. The number of rotatable bonds is 8. The maximum Gasteiger partial charge on any atom is 0.277 e. The number of hydrogen-bond donors (Lipinski definition) is 1.